The highest BCUT2D eigenvalue weighted by atomic mass is 32.2. The number of halogens is 3. The zero-order valence-electron chi connectivity index (χ0n) is 16.1. The van der Waals surface area contributed by atoms with Crippen LogP contribution in [0.4, 0.5) is 13.2 Å². The molecule has 0 atom stereocenters. The minimum atomic E-state index is -5.23. The number of benzene rings is 1. The molecule has 0 spiro atoms. The second kappa shape index (κ2) is 9.60. The highest BCUT2D eigenvalue weighted by Crippen LogP contribution is 2.30. The molecule has 6 nitrogen and oxygen atoms in total. The van der Waals surface area contributed by atoms with Gasteiger partial charge in [-0.3, -0.25) is 4.99 Å². The van der Waals surface area contributed by atoms with Crippen molar-refractivity contribution in [3.63, 3.8) is 0 Å². The summed E-state index contributed by atoms with van der Waals surface area (Å²) in [5.74, 6) is 0.716. The van der Waals surface area contributed by atoms with Gasteiger partial charge in [-0.1, -0.05) is 29.8 Å². The SMILES string of the molecule is CN=C(NCCc1cccc(C)c1)NCC1CCN(S(=O)(=O)C(F)(F)F)CC1. The summed E-state index contributed by atoms with van der Waals surface area (Å²) in [7, 11) is -3.57. The van der Waals surface area contributed by atoms with Gasteiger partial charge in [0.25, 0.3) is 0 Å². The zero-order valence-corrected chi connectivity index (χ0v) is 16.9. The number of guanidine groups is 1. The van der Waals surface area contributed by atoms with Crippen LogP contribution in [0.5, 0.6) is 0 Å². The van der Waals surface area contributed by atoms with E-state index in [1.807, 2.05) is 19.1 Å². The van der Waals surface area contributed by atoms with Crippen molar-refractivity contribution in [3.05, 3.63) is 35.4 Å². The van der Waals surface area contributed by atoms with E-state index in [-0.39, 0.29) is 19.0 Å². The predicted octanol–water partition coefficient (Wildman–Crippen LogP) is 2.26. The molecule has 1 heterocycles. The number of sulfonamides is 1. The van der Waals surface area contributed by atoms with Crippen LogP contribution in [0.15, 0.2) is 29.3 Å². The van der Waals surface area contributed by atoms with Crippen molar-refractivity contribution in [3.8, 4) is 0 Å². The Bertz CT molecular complexity index is 773. The lowest BCUT2D eigenvalue weighted by Gasteiger charge is -2.31. The molecule has 1 aliphatic rings. The molecule has 0 aromatic heterocycles. The van der Waals surface area contributed by atoms with Gasteiger partial charge in [0, 0.05) is 33.2 Å². The van der Waals surface area contributed by atoms with Crippen molar-refractivity contribution in [2.45, 2.75) is 31.7 Å². The van der Waals surface area contributed by atoms with Crippen LogP contribution >= 0.6 is 0 Å². The molecule has 2 N–H and O–H groups in total. The predicted molar refractivity (Wildman–Crippen MR) is 104 cm³/mol. The maximum atomic E-state index is 12.6. The van der Waals surface area contributed by atoms with Crippen molar-refractivity contribution in [1.82, 2.24) is 14.9 Å². The van der Waals surface area contributed by atoms with Crippen LogP contribution in [0.3, 0.4) is 0 Å². The third-order valence-electron chi connectivity index (χ3n) is 4.78. The number of hydrogen-bond donors (Lipinski definition) is 2. The van der Waals surface area contributed by atoms with Crippen molar-refractivity contribution in [2.75, 3.05) is 33.2 Å². The molecule has 1 saturated heterocycles. The van der Waals surface area contributed by atoms with E-state index >= 15 is 0 Å². The summed E-state index contributed by atoms with van der Waals surface area (Å²) in [6.45, 7) is 3.04. The number of nitrogens with zero attached hydrogens (tertiary/aromatic N) is 2. The molecule has 2 rings (SSSR count). The highest BCUT2D eigenvalue weighted by molar-refractivity contribution is 7.90. The van der Waals surface area contributed by atoms with Crippen molar-refractivity contribution >= 4 is 16.0 Å². The first-order chi connectivity index (χ1) is 13.1. The van der Waals surface area contributed by atoms with E-state index in [0.717, 1.165) is 6.42 Å². The standard InChI is InChI=1S/C18H27F3N4O2S/c1-14-4-3-5-15(12-14)6-9-23-17(22-2)24-13-16-7-10-25(11-8-16)28(26,27)18(19,20)21/h3-5,12,16H,6-11,13H2,1-2H3,(H2,22,23,24). The molecule has 0 amide bonds. The largest absolute Gasteiger partial charge is 0.511 e. The van der Waals surface area contributed by atoms with Gasteiger partial charge in [-0.15, -0.1) is 0 Å². The Morgan fingerprint density at radius 1 is 1.25 bits per heavy atom. The average Bonchev–Trinajstić information content (AvgIpc) is 2.64. The molecule has 28 heavy (non-hydrogen) atoms. The lowest BCUT2D eigenvalue weighted by atomic mass is 9.98. The molecule has 0 bridgehead atoms. The van der Waals surface area contributed by atoms with Crippen LogP contribution in [0.2, 0.25) is 0 Å². The van der Waals surface area contributed by atoms with E-state index < -0.39 is 15.5 Å². The smallest absolute Gasteiger partial charge is 0.356 e. The Balaban J connectivity index is 1.73. The minimum absolute atomic E-state index is 0.0926. The summed E-state index contributed by atoms with van der Waals surface area (Å²) in [4.78, 5) is 4.15. The molecular weight excluding hydrogens is 393 g/mol. The third kappa shape index (κ3) is 6.10. The van der Waals surface area contributed by atoms with Crippen LogP contribution in [0.1, 0.15) is 24.0 Å². The van der Waals surface area contributed by atoms with Gasteiger partial charge in [-0.25, -0.2) is 8.42 Å². The maximum Gasteiger partial charge on any atom is 0.511 e. The Morgan fingerprint density at radius 2 is 1.93 bits per heavy atom. The van der Waals surface area contributed by atoms with Crippen LogP contribution < -0.4 is 10.6 Å². The molecule has 0 unspecified atom stereocenters. The number of rotatable bonds is 6. The number of nitrogens with one attached hydrogen (secondary N) is 2. The molecule has 1 aromatic carbocycles. The van der Waals surface area contributed by atoms with E-state index in [1.54, 1.807) is 7.05 Å². The monoisotopic (exact) mass is 420 g/mol. The fourth-order valence-electron chi connectivity index (χ4n) is 3.15. The van der Waals surface area contributed by atoms with Gasteiger partial charge in [-0.2, -0.15) is 17.5 Å². The number of hydrogen-bond acceptors (Lipinski definition) is 3. The van der Waals surface area contributed by atoms with Gasteiger partial charge in [-0.05, 0) is 37.7 Å². The van der Waals surface area contributed by atoms with Gasteiger partial charge in [0.05, 0.1) is 0 Å². The minimum Gasteiger partial charge on any atom is -0.356 e. The number of alkyl halides is 3. The fourth-order valence-corrected chi connectivity index (χ4v) is 4.14. The Hall–Kier alpha value is -1.81. The third-order valence-corrected chi connectivity index (χ3v) is 6.41. The summed E-state index contributed by atoms with van der Waals surface area (Å²) >= 11 is 0. The summed E-state index contributed by atoms with van der Waals surface area (Å²) in [5.41, 5.74) is -2.80. The zero-order chi connectivity index (χ0) is 20.8. The highest BCUT2D eigenvalue weighted by Gasteiger charge is 2.50. The lowest BCUT2D eigenvalue weighted by molar-refractivity contribution is -0.0496. The Morgan fingerprint density at radius 3 is 2.50 bits per heavy atom. The van der Waals surface area contributed by atoms with Crippen LogP contribution in [0, 0.1) is 12.8 Å². The first-order valence-electron chi connectivity index (χ1n) is 9.20. The van der Waals surface area contributed by atoms with E-state index in [1.165, 1.54) is 11.1 Å². The molecule has 1 aliphatic heterocycles. The van der Waals surface area contributed by atoms with Crippen molar-refractivity contribution < 1.29 is 21.6 Å². The fraction of sp³-hybridized carbons (Fsp3) is 0.611. The molecule has 158 valence electrons. The molecule has 1 aromatic rings. The molecule has 1 fully saturated rings. The maximum absolute atomic E-state index is 12.6. The van der Waals surface area contributed by atoms with Gasteiger partial charge in [0.1, 0.15) is 0 Å². The van der Waals surface area contributed by atoms with Crippen LogP contribution in [0.25, 0.3) is 0 Å². The quantitative estimate of drug-likeness (QED) is 0.547. The second-order valence-corrected chi connectivity index (χ2v) is 8.84. The van der Waals surface area contributed by atoms with E-state index in [9.17, 15) is 21.6 Å². The van der Waals surface area contributed by atoms with Gasteiger partial charge >= 0.3 is 15.5 Å². The van der Waals surface area contributed by atoms with E-state index in [2.05, 4.69) is 27.8 Å². The summed E-state index contributed by atoms with van der Waals surface area (Å²) < 4.78 is 61.2. The molecular formula is C18H27F3N4O2S. The van der Waals surface area contributed by atoms with Gasteiger partial charge in [0.15, 0.2) is 5.96 Å². The molecule has 10 heteroatoms. The second-order valence-electron chi connectivity index (χ2n) is 6.91. The summed E-state index contributed by atoms with van der Waals surface area (Å²) in [6.07, 6.45) is 1.60. The summed E-state index contributed by atoms with van der Waals surface area (Å²) in [5, 5.41) is 6.38. The Labute approximate surface area is 164 Å². The molecule has 0 aliphatic carbocycles. The van der Waals surface area contributed by atoms with Crippen molar-refractivity contribution in [2.24, 2.45) is 10.9 Å². The van der Waals surface area contributed by atoms with Gasteiger partial charge in [0.2, 0.25) is 0 Å². The van der Waals surface area contributed by atoms with Crippen LogP contribution in [-0.4, -0.2) is 57.4 Å². The number of aliphatic imine (C=N–C) groups is 1. The average molecular weight is 421 g/mol. The lowest BCUT2D eigenvalue weighted by Crippen LogP contribution is -2.47. The van der Waals surface area contributed by atoms with Crippen molar-refractivity contribution in [1.29, 1.82) is 0 Å². The Kier molecular flexibility index (Phi) is 7.70. The first-order valence-corrected chi connectivity index (χ1v) is 10.6. The topological polar surface area (TPSA) is 73.8 Å². The van der Waals surface area contributed by atoms with Gasteiger partial charge < -0.3 is 10.6 Å². The van der Waals surface area contributed by atoms with E-state index in [4.69, 9.17) is 0 Å². The number of aryl methyl sites for hydroxylation is 1. The normalized spacial score (nSPS) is 17.5. The molecule has 0 saturated carbocycles. The molecule has 0 radical (unpaired) electrons. The van der Waals surface area contributed by atoms with Crippen LogP contribution in [-0.2, 0) is 16.4 Å². The summed E-state index contributed by atoms with van der Waals surface area (Å²) in [6, 6.07) is 8.25. The number of piperidine rings is 1. The first kappa shape index (κ1) is 22.5. The van der Waals surface area contributed by atoms with E-state index in [0.29, 0.717) is 36.2 Å².